The fraction of sp³-hybridized carbons (Fsp3) is 0.556. The van der Waals surface area contributed by atoms with Gasteiger partial charge in [0.05, 0.1) is 6.54 Å². The van der Waals surface area contributed by atoms with Crippen LogP contribution in [0.15, 0.2) is 23.1 Å². The molecule has 0 aromatic carbocycles. The molecule has 2 aromatic rings. The summed E-state index contributed by atoms with van der Waals surface area (Å²) in [7, 11) is 0. The Morgan fingerprint density at radius 1 is 1.31 bits per heavy atom. The average molecular weight is 374 g/mol. The molecule has 7 nitrogen and oxygen atoms in total. The Morgan fingerprint density at radius 3 is 2.88 bits per heavy atom. The third kappa shape index (κ3) is 2.57. The number of hydrogen-bond acceptors (Lipinski definition) is 4. The number of likely N-dealkylation sites (tertiary alicyclic amines) is 1. The first-order valence-corrected chi connectivity index (χ1v) is 9.59. The van der Waals surface area contributed by atoms with Crippen LogP contribution in [0.5, 0.6) is 0 Å². The van der Waals surface area contributed by atoms with Crippen molar-refractivity contribution in [3.63, 3.8) is 0 Å². The fourth-order valence-corrected chi connectivity index (χ4v) is 4.51. The minimum absolute atomic E-state index is 0.103. The van der Waals surface area contributed by atoms with Crippen molar-refractivity contribution in [2.24, 2.45) is 5.92 Å². The smallest absolute Gasteiger partial charge is 0.338 e. The summed E-state index contributed by atoms with van der Waals surface area (Å²) >= 11 is 5.82. The summed E-state index contributed by atoms with van der Waals surface area (Å²) in [5, 5.41) is 4.91. The van der Waals surface area contributed by atoms with Crippen molar-refractivity contribution in [1.82, 2.24) is 24.2 Å². The number of halogens is 1. The van der Waals surface area contributed by atoms with E-state index in [1.54, 1.807) is 16.8 Å². The maximum atomic E-state index is 13.1. The first-order chi connectivity index (χ1) is 12.6. The van der Waals surface area contributed by atoms with Crippen molar-refractivity contribution in [1.29, 1.82) is 0 Å². The predicted molar refractivity (Wildman–Crippen MR) is 95.0 cm³/mol. The minimum atomic E-state index is -0.400. The predicted octanol–water partition coefficient (Wildman–Crippen LogP) is 1.64. The van der Waals surface area contributed by atoms with E-state index in [4.69, 9.17) is 11.6 Å². The number of carbonyl (C=O) groups excluding carboxylic acids is 1. The number of aromatic nitrogens is 4. The van der Waals surface area contributed by atoms with Crippen LogP contribution in [0.25, 0.3) is 0 Å². The van der Waals surface area contributed by atoms with Crippen molar-refractivity contribution in [3.8, 4) is 0 Å². The van der Waals surface area contributed by atoms with Crippen LogP contribution in [0.1, 0.15) is 43.1 Å². The van der Waals surface area contributed by atoms with Crippen LogP contribution in [0.2, 0.25) is 5.15 Å². The van der Waals surface area contributed by atoms with Crippen molar-refractivity contribution in [2.45, 2.75) is 50.7 Å². The number of nitrogens with zero attached hydrogens (tertiary/aromatic N) is 5. The Kier molecular flexibility index (Phi) is 3.67. The number of carbonyl (C=O) groups is 1. The molecule has 2 fully saturated rings. The number of fused-ring (bicyclic) bond motifs is 2. The van der Waals surface area contributed by atoms with Crippen LogP contribution in [0.4, 0.5) is 0 Å². The van der Waals surface area contributed by atoms with Crippen molar-refractivity contribution < 1.29 is 4.79 Å². The minimum Gasteiger partial charge on any atom is -0.338 e. The zero-order valence-corrected chi connectivity index (χ0v) is 15.1. The van der Waals surface area contributed by atoms with Crippen LogP contribution < -0.4 is 5.69 Å². The van der Waals surface area contributed by atoms with Gasteiger partial charge in [-0.25, -0.2) is 14.5 Å². The largest absolute Gasteiger partial charge is 0.346 e. The molecule has 0 spiro atoms. The topological polar surface area (TPSA) is 73.0 Å². The zero-order chi connectivity index (χ0) is 17.8. The molecule has 26 heavy (non-hydrogen) atoms. The molecule has 8 heteroatoms. The number of piperidine rings is 1. The van der Waals surface area contributed by atoms with Crippen LogP contribution in [0.3, 0.4) is 0 Å². The Morgan fingerprint density at radius 2 is 2.19 bits per heavy atom. The van der Waals surface area contributed by atoms with Gasteiger partial charge in [-0.2, -0.15) is 5.10 Å². The number of hydrogen-bond donors (Lipinski definition) is 0. The Balaban J connectivity index is 1.44. The number of amides is 1. The van der Waals surface area contributed by atoms with Gasteiger partial charge in [0.2, 0.25) is 5.91 Å². The first kappa shape index (κ1) is 16.1. The van der Waals surface area contributed by atoms with Gasteiger partial charge in [0.15, 0.2) is 0 Å². The van der Waals surface area contributed by atoms with Gasteiger partial charge < -0.3 is 4.90 Å². The summed E-state index contributed by atoms with van der Waals surface area (Å²) in [6, 6.07) is 3.55. The lowest BCUT2D eigenvalue weighted by molar-refractivity contribution is -0.135. The first-order valence-electron chi connectivity index (χ1n) is 9.21. The molecular formula is C18H20ClN5O2. The second-order valence-corrected chi connectivity index (χ2v) is 7.89. The molecule has 1 saturated heterocycles. The molecule has 0 N–H and O–H groups in total. The molecule has 3 atom stereocenters. The van der Waals surface area contributed by atoms with E-state index in [0.29, 0.717) is 35.9 Å². The molecule has 2 aromatic heterocycles. The van der Waals surface area contributed by atoms with E-state index in [9.17, 15) is 9.59 Å². The fourth-order valence-electron chi connectivity index (χ4n) is 4.40. The molecule has 4 heterocycles. The van der Waals surface area contributed by atoms with Crippen LogP contribution in [-0.4, -0.2) is 42.7 Å². The molecule has 0 bridgehead atoms. The van der Waals surface area contributed by atoms with Crippen LogP contribution in [0, 0.1) is 5.92 Å². The van der Waals surface area contributed by atoms with Gasteiger partial charge in [-0.1, -0.05) is 17.7 Å². The van der Waals surface area contributed by atoms with Crippen LogP contribution in [-0.2, 0) is 17.8 Å². The highest BCUT2D eigenvalue weighted by molar-refractivity contribution is 6.29. The van der Waals surface area contributed by atoms with E-state index in [-0.39, 0.29) is 11.6 Å². The molecule has 1 saturated carbocycles. The van der Waals surface area contributed by atoms with E-state index in [1.807, 2.05) is 11.0 Å². The van der Waals surface area contributed by atoms with Gasteiger partial charge >= 0.3 is 5.69 Å². The zero-order valence-electron chi connectivity index (χ0n) is 14.3. The third-order valence-electron chi connectivity index (χ3n) is 5.85. The van der Waals surface area contributed by atoms with E-state index in [1.165, 1.54) is 4.68 Å². The number of aryl methyl sites for hydroxylation is 1. The molecule has 1 amide bonds. The van der Waals surface area contributed by atoms with Gasteiger partial charge in [0, 0.05) is 25.2 Å². The normalized spacial score (nSPS) is 26.5. The Bertz CT molecular complexity index is 919. The van der Waals surface area contributed by atoms with Gasteiger partial charge in [-0.3, -0.25) is 9.36 Å². The third-order valence-corrected chi connectivity index (χ3v) is 6.07. The van der Waals surface area contributed by atoms with Crippen molar-refractivity contribution in [3.05, 3.63) is 45.4 Å². The maximum absolute atomic E-state index is 13.1. The summed E-state index contributed by atoms with van der Waals surface area (Å²) < 4.78 is 3.07. The van der Waals surface area contributed by atoms with Gasteiger partial charge in [-0.05, 0) is 43.2 Å². The lowest BCUT2D eigenvalue weighted by Gasteiger charge is -2.28. The van der Waals surface area contributed by atoms with Gasteiger partial charge in [-0.15, -0.1) is 0 Å². The molecule has 5 rings (SSSR count). The second kappa shape index (κ2) is 5.94. The van der Waals surface area contributed by atoms with Gasteiger partial charge in [0.25, 0.3) is 0 Å². The van der Waals surface area contributed by atoms with Gasteiger partial charge in [0.1, 0.15) is 17.0 Å². The highest BCUT2D eigenvalue weighted by Crippen LogP contribution is 2.45. The van der Waals surface area contributed by atoms with E-state index in [2.05, 4.69) is 10.1 Å². The highest BCUT2D eigenvalue weighted by atomic mass is 35.5. The maximum Gasteiger partial charge on any atom is 0.346 e. The number of pyridine rings is 1. The SMILES string of the molecule is O=C([C@@H]1CCCc2nn(Cc3ccc(Cl)nc3)c(=O)n21)N1CCC2C[C@@H]21. The van der Waals surface area contributed by atoms with Crippen molar-refractivity contribution >= 4 is 17.5 Å². The highest BCUT2D eigenvalue weighted by Gasteiger charge is 2.50. The Hall–Kier alpha value is -2.15. The molecule has 2 aliphatic heterocycles. The summed E-state index contributed by atoms with van der Waals surface area (Å²) in [4.78, 5) is 32.1. The second-order valence-electron chi connectivity index (χ2n) is 7.51. The standard InChI is InChI=1S/C18H20ClN5O2/c19-15-5-4-11(9-20-15)10-23-18(26)24-13(2-1-3-16(24)21-23)17(25)22-7-6-12-8-14(12)22/h4-5,9,12-14H,1-3,6-8,10H2/t12?,13-,14-/m0/s1. The average Bonchev–Trinajstić information content (AvgIpc) is 3.19. The van der Waals surface area contributed by atoms with Crippen LogP contribution >= 0.6 is 11.6 Å². The number of rotatable bonds is 3. The summed E-state index contributed by atoms with van der Waals surface area (Å²) in [5.41, 5.74) is 0.648. The lowest BCUT2D eigenvalue weighted by atomic mass is 10.0. The lowest BCUT2D eigenvalue weighted by Crippen LogP contribution is -2.42. The molecule has 3 aliphatic rings. The van der Waals surface area contributed by atoms with E-state index >= 15 is 0 Å². The molecule has 1 unspecified atom stereocenters. The van der Waals surface area contributed by atoms with E-state index < -0.39 is 6.04 Å². The molecular weight excluding hydrogens is 354 g/mol. The molecule has 0 radical (unpaired) electrons. The van der Waals surface area contributed by atoms with E-state index in [0.717, 1.165) is 37.8 Å². The van der Waals surface area contributed by atoms with Crippen molar-refractivity contribution in [2.75, 3.05) is 6.54 Å². The molecule has 1 aliphatic carbocycles. The summed E-state index contributed by atoms with van der Waals surface area (Å²) in [6.45, 7) is 1.16. The quantitative estimate of drug-likeness (QED) is 0.767. The summed E-state index contributed by atoms with van der Waals surface area (Å²) in [5.74, 6) is 1.51. The monoisotopic (exact) mass is 373 g/mol. The summed E-state index contributed by atoms with van der Waals surface area (Å²) in [6.07, 6.45) is 6.21. The molecule has 136 valence electrons. The Labute approximate surface area is 155 Å².